The van der Waals surface area contributed by atoms with Gasteiger partial charge < -0.3 is 18.7 Å². The van der Waals surface area contributed by atoms with Crippen molar-refractivity contribution in [3.05, 3.63) is 46.8 Å². The molecule has 0 N–H and O–H groups in total. The van der Waals surface area contributed by atoms with Gasteiger partial charge in [-0.25, -0.2) is 14.5 Å². The molecule has 0 radical (unpaired) electrons. The minimum atomic E-state index is -0.731. The predicted molar refractivity (Wildman–Crippen MR) is 90.1 cm³/mol. The molecule has 1 aliphatic rings. The van der Waals surface area contributed by atoms with Gasteiger partial charge in [-0.1, -0.05) is 11.2 Å². The summed E-state index contributed by atoms with van der Waals surface area (Å²) in [6.07, 6.45) is -0.731. The monoisotopic (exact) mass is 374 g/mol. The Morgan fingerprint density at radius 3 is 2.78 bits per heavy atom. The van der Waals surface area contributed by atoms with Crippen LogP contribution in [0.2, 0.25) is 0 Å². The molecule has 2 heterocycles. The number of aryl methyl sites for hydroxylation is 2. The van der Waals surface area contributed by atoms with Crippen LogP contribution in [0.25, 0.3) is 0 Å². The average molecular weight is 374 g/mol. The van der Waals surface area contributed by atoms with Gasteiger partial charge >= 0.3 is 12.1 Å². The number of ether oxygens (including phenoxy) is 3. The fourth-order valence-electron chi connectivity index (χ4n) is 2.48. The molecule has 0 aliphatic carbocycles. The van der Waals surface area contributed by atoms with Crippen molar-refractivity contribution in [2.75, 3.05) is 19.8 Å². The van der Waals surface area contributed by atoms with E-state index in [1.807, 2.05) is 6.92 Å². The number of hydrogen-bond acceptors (Lipinski definition) is 8. The highest BCUT2D eigenvalue weighted by atomic mass is 16.6. The number of aromatic nitrogens is 1. The maximum atomic E-state index is 12.1. The van der Waals surface area contributed by atoms with Crippen molar-refractivity contribution in [3.8, 4) is 5.75 Å². The molecule has 142 valence electrons. The molecule has 0 spiro atoms. The lowest BCUT2D eigenvalue weighted by Crippen LogP contribution is -2.35. The highest BCUT2D eigenvalue weighted by molar-refractivity contribution is 5.96. The number of esters is 1. The van der Waals surface area contributed by atoms with Crippen LogP contribution in [-0.2, 0) is 20.9 Å². The van der Waals surface area contributed by atoms with Crippen molar-refractivity contribution in [3.63, 3.8) is 0 Å². The summed E-state index contributed by atoms with van der Waals surface area (Å²) in [4.78, 5) is 36.2. The van der Waals surface area contributed by atoms with Crippen LogP contribution in [0, 0.1) is 13.8 Å². The van der Waals surface area contributed by atoms with E-state index in [4.69, 9.17) is 14.0 Å². The predicted octanol–water partition coefficient (Wildman–Crippen LogP) is 2.01. The van der Waals surface area contributed by atoms with Crippen molar-refractivity contribution in [1.82, 2.24) is 10.1 Å². The number of benzene rings is 1. The molecule has 1 aromatic heterocycles. The SMILES string of the molecule is Cc1noc(C)c1COc1cccc(C(=O)OCC(=O)N2CCOC2=O)c1. The highest BCUT2D eigenvalue weighted by Crippen LogP contribution is 2.19. The summed E-state index contributed by atoms with van der Waals surface area (Å²) in [6, 6.07) is 6.38. The Morgan fingerprint density at radius 1 is 1.30 bits per heavy atom. The Balaban J connectivity index is 1.57. The molecule has 1 saturated heterocycles. The number of nitrogens with zero attached hydrogens (tertiary/aromatic N) is 2. The van der Waals surface area contributed by atoms with E-state index in [9.17, 15) is 14.4 Å². The van der Waals surface area contributed by atoms with Crippen molar-refractivity contribution >= 4 is 18.0 Å². The summed E-state index contributed by atoms with van der Waals surface area (Å²) in [5, 5.41) is 3.86. The van der Waals surface area contributed by atoms with Gasteiger partial charge in [0.15, 0.2) is 6.61 Å². The van der Waals surface area contributed by atoms with E-state index in [-0.39, 0.29) is 25.3 Å². The third-order valence-corrected chi connectivity index (χ3v) is 4.02. The highest BCUT2D eigenvalue weighted by Gasteiger charge is 2.29. The average Bonchev–Trinajstić information content (AvgIpc) is 3.23. The maximum Gasteiger partial charge on any atom is 0.416 e. The zero-order valence-electron chi connectivity index (χ0n) is 14.9. The fourth-order valence-corrected chi connectivity index (χ4v) is 2.48. The van der Waals surface area contributed by atoms with Gasteiger partial charge in [0.2, 0.25) is 0 Å². The number of cyclic esters (lactones) is 1. The zero-order valence-corrected chi connectivity index (χ0v) is 14.9. The van der Waals surface area contributed by atoms with Gasteiger partial charge in [-0.05, 0) is 32.0 Å². The fraction of sp³-hybridized carbons (Fsp3) is 0.333. The van der Waals surface area contributed by atoms with Gasteiger partial charge in [-0.3, -0.25) is 4.79 Å². The second-order valence-electron chi connectivity index (χ2n) is 5.86. The summed E-state index contributed by atoms with van der Waals surface area (Å²) in [7, 11) is 0. The minimum absolute atomic E-state index is 0.142. The smallest absolute Gasteiger partial charge is 0.416 e. The van der Waals surface area contributed by atoms with Crippen molar-refractivity contribution in [2.45, 2.75) is 20.5 Å². The maximum absolute atomic E-state index is 12.1. The Bertz CT molecular complexity index is 855. The first-order chi connectivity index (χ1) is 13.0. The number of carbonyl (C=O) groups is 3. The first kappa shape index (κ1) is 18.4. The van der Waals surface area contributed by atoms with Crippen molar-refractivity contribution < 1.29 is 33.1 Å². The summed E-state index contributed by atoms with van der Waals surface area (Å²) in [5.41, 5.74) is 1.80. The molecule has 1 aromatic carbocycles. The quantitative estimate of drug-likeness (QED) is 0.707. The van der Waals surface area contributed by atoms with Crippen LogP contribution in [0.4, 0.5) is 4.79 Å². The van der Waals surface area contributed by atoms with Gasteiger partial charge in [0.05, 0.1) is 23.4 Å². The number of rotatable bonds is 6. The van der Waals surface area contributed by atoms with E-state index < -0.39 is 24.6 Å². The third kappa shape index (κ3) is 4.25. The van der Waals surface area contributed by atoms with E-state index in [1.54, 1.807) is 25.1 Å². The number of amides is 2. The molecule has 27 heavy (non-hydrogen) atoms. The first-order valence-corrected chi connectivity index (χ1v) is 8.24. The van der Waals surface area contributed by atoms with Gasteiger partial charge in [0.25, 0.3) is 5.91 Å². The second kappa shape index (κ2) is 7.90. The summed E-state index contributed by atoms with van der Waals surface area (Å²) in [6.45, 7) is 3.60. The van der Waals surface area contributed by atoms with Crippen LogP contribution in [0.15, 0.2) is 28.8 Å². The van der Waals surface area contributed by atoms with Crippen molar-refractivity contribution in [2.24, 2.45) is 0 Å². The molecule has 1 fully saturated rings. The lowest BCUT2D eigenvalue weighted by molar-refractivity contribution is -0.131. The second-order valence-corrected chi connectivity index (χ2v) is 5.86. The Morgan fingerprint density at radius 2 is 2.11 bits per heavy atom. The van der Waals surface area contributed by atoms with Crippen LogP contribution >= 0.6 is 0 Å². The molecule has 2 aromatic rings. The minimum Gasteiger partial charge on any atom is -0.489 e. The molecule has 0 atom stereocenters. The lowest BCUT2D eigenvalue weighted by Gasteiger charge is -2.11. The van der Waals surface area contributed by atoms with Crippen LogP contribution in [0.3, 0.4) is 0 Å². The zero-order chi connectivity index (χ0) is 19.4. The number of imide groups is 1. The van der Waals surface area contributed by atoms with Crippen LogP contribution < -0.4 is 4.74 Å². The standard InChI is InChI=1S/C18H18N2O7/c1-11-15(12(2)27-19-11)9-25-14-5-3-4-13(8-14)17(22)26-10-16(21)20-6-7-24-18(20)23/h3-5,8H,6-7,9-10H2,1-2H3. The Hall–Kier alpha value is -3.36. The van der Waals surface area contributed by atoms with E-state index in [1.165, 1.54) is 6.07 Å². The number of carbonyl (C=O) groups excluding carboxylic acids is 3. The van der Waals surface area contributed by atoms with Gasteiger partial charge in [0, 0.05) is 0 Å². The largest absolute Gasteiger partial charge is 0.489 e. The molecule has 2 amide bonds. The lowest BCUT2D eigenvalue weighted by atomic mass is 10.2. The van der Waals surface area contributed by atoms with Gasteiger partial charge in [0.1, 0.15) is 24.7 Å². The van der Waals surface area contributed by atoms with E-state index in [2.05, 4.69) is 9.89 Å². The molecule has 3 rings (SSSR count). The summed E-state index contributed by atoms with van der Waals surface area (Å²) < 4.78 is 20.4. The molecule has 9 heteroatoms. The van der Waals surface area contributed by atoms with E-state index in [0.717, 1.165) is 16.2 Å². The summed E-state index contributed by atoms with van der Waals surface area (Å²) >= 11 is 0. The van der Waals surface area contributed by atoms with Crippen LogP contribution in [-0.4, -0.2) is 47.8 Å². The van der Waals surface area contributed by atoms with Gasteiger partial charge in [-0.2, -0.15) is 0 Å². The summed E-state index contributed by atoms with van der Waals surface area (Å²) in [5.74, 6) is -0.198. The molecule has 0 unspecified atom stereocenters. The Labute approximate surface area is 154 Å². The topological polar surface area (TPSA) is 108 Å². The molecule has 0 saturated carbocycles. The molecule has 0 bridgehead atoms. The first-order valence-electron chi connectivity index (χ1n) is 8.24. The van der Waals surface area contributed by atoms with Crippen molar-refractivity contribution in [1.29, 1.82) is 0 Å². The molecule has 9 nitrogen and oxygen atoms in total. The van der Waals surface area contributed by atoms with Crippen LogP contribution in [0.1, 0.15) is 27.4 Å². The van der Waals surface area contributed by atoms with Gasteiger partial charge in [-0.15, -0.1) is 0 Å². The van der Waals surface area contributed by atoms with E-state index in [0.29, 0.717) is 11.5 Å². The normalized spacial score (nSPS) is 13.4. The molecule has 1 aliphatic heterocycles. The third-order valence-electron chi connectivity index (χ3n) is 4.02. The van der Waals surface area contributed by atoms with E-state index >= 15 is 0 Å². The Kier molecular flexibility index (Phi) is 5.39. The van der Waals surface area contributed by atoms with Crippen LogP contribution in [0.5, 0.6) is 5.75 Å². The number of hydrogen-bond donors (Lipinski definition) is 0. The molecular weight excluding hydrogens is 356 g/mol. The molecular formula is C18H18N2O7.